The number of fused-ring (bicyclic) bond motifs is 2. The van der Waals surface area contributed by atoms with E-state index in [0.29, 0.717) is 24.2 Å². The third-order valence-electron chi connectivity index (χ3n) is 5.99. The van der Waals surface area contributed by atoms with Crippen molar-refractivity contribution in [3.8, 4) is 11.5 Å². The third-order valence-corrected chi connectivity index (χ3v) is 5.99. The maximum atomic E-state index is 6.19. The summed E-state index contributed by atoms with van der Waals surface area (Å²) in [6.45, 7) is 9.67. The molecule has 1 N–H and O–H groups in total. The van der Waals surface area contributed by atoms with Crippen molar-refractivity contribution in [1.29, 1.82) is 0 Å². The predicted octanol–water partition coefficient (Wildman–Crippen LogP) is 4.88. The fourth-order valence-electron chi connectivity index (χ4n) is 4.37. The van der Waals surface area contributed by atoms with E-state index in [4.69, 9.17) is 13.9 Å². The normalized spacial score (nSPS) is 18.3. The van der Waals surface area contributed by atoms with Crippen LogP contribution < -0.4 is 14.8 Å². The van der Waals surface area contributed by atoms with Crippen LogP contribution in [0.15, 0.2) is 41.1 Å². The van der Waals surface area contributed by atoms with Gasteiger partial charge in [-0.2, -0.15) is 4.98 Å². The molecular formula is C25H30N4O3. The van der Waals surface area contributed by atoms with E-state index < -0.39 is 0 Å². The van der Waals surface area contributed by atoms with Gasteiger partial charge in [-0.3, -0.25) is 9.88 Å². The Morgan fingerprint density at radius 2 is 2.09 bits per heavy atom. The molecule has 2 aromatic heterocycles. The Labute approximate surface area is 188 Å². The van der Waals surface area contributed by atoms with Crippen LogP contribution in [0.25, 0.3) is 17.2 Å². The number of anilines is 1. The molecule has 4 heterocycles. The molecule has 0 amide bonds. The Bertz CT molecular complexity index is 1100. The molecule has 1 saturated heterocycles. The summed E-state index contributed by atoms with van der Waals surface area (Å²) in [5.41, 5.74) is 3.57. The van der Waals surface area contributed by atoms with Gasteiger partial charge in [0.15, 0.2) is 17.1 Å². The lowest BCUT2D eigenvalue weighted by Crippen LogP contribution is -2.38. The zero-order valence-corrected chi connectivity index (χ0v) is 18.9. The molecule has 1 aromatic carbocycles. The van der Waals surface area contributed by atoms with Crippen molar-refractivity contribution in [2.45, 2.75) is 51.8 Å². The van der Waals surface area contributed by atoms with Crippen LogP contribution in [0.4, 0.5) is 6.01 Å². The SMILES string of the molecule is CCOc1cc(CN2CCC(Nc3nc4ccncc4o3)CC2)cc2c1OC(C)(C)C=C2. The largest absolute Gasteiger partial charge is 0.490 e. The minimum atomic E-state index is -0.319. The van der Waals surface area contributed by atoms with E-state index in [9.17, 15) is 0 Å². The topological polar surface area (TPSA) is 72.7 Å². The number of rotatable bonds is 6. The molecule has 0 radical (unpaired) electrons. The van der Waals surface area contributed by atoms with Crippen LogP contribution in [0.5, 0.6) is 11.5 Å². The fraction of sp³-hybridized carbons (Fsp3) is 0.440. The number of piperidine rings is 1. The van der Waals surface area contributed by atoms with Gasteiger partial charge in [0.05, 0.1) is 12.8 Å². The van der Waals surface area contributed by atoms with Gasteiger partial charge in [0.1, 0.15) is 11.1 Å². The lowest BCUT2D eigenvalue weighted by molar-refractivity contribution is 0.149. The minimum absolute atomic E-state index is 0.319. The van der Waals surface area contributed by atoms with Crippen LogP contribution in [0.2, 0.25) is 0 Å². The van der Waals surface area contributed by atoms with E-state index in [1.807, 2.05) is 13.0 Å². The van der Waals surface area contributed by atoms with Crippen LogP contribution in [0.3, 0.4) is 0 Å². The van der Waals surface area contributed by atoms with Crippen LogP contribution in [-0.4, -0.2) is 46.2 Å². The van der Waals surface area contributed by atoms with Gasteiger partial charge in [-0.05, 0) is 63.5 Å². The molecule has 5 rings (SSSR count). The molecule has 0 unspecified atom stereocenters. The fourth-order valence-corrected chi connectivity index (χ4v) is 4.37. The molecule has 0 atom stereocenters. The van der Waals surface area contributed by atoms with Crippen molar-refractivity contribution in [3.63, 3.8) is 0 Å². The van der Waals surface area contributed by atoms with Crippen molar-refractivity contribution in [3.05, 3.63) is 47.8 Å². The average molecular weight is 435 g/mol. The first-order chi connectivity index (χ1) is 15.5. The van der Waals surface area contributed by atoms with Crippen LogP contribution in [0, 0.1) is 0 Å². The first kappa shape index (κ1) is 20.8. The highest BCUT2D eigenvalue weighted by molar-refractivity contribution is 5.72. The summed E-state index contributed by atoms with van der Waals surface area (Å²) >= 11 is 0. The molecule has 0 spiro atoms. The van der Waals surface area contributed by atoms with E-state index in [0.717, 1.165) is 55.1 Å². The summed E-state index contributed by atoms with van der Waals surface area (Å²) in [5, 5.41) is 3.45. The average Bonchev–Trinajstić information content (AvgIpc) is 3.18. The summed E-state index contributed by atoms with van der Waals surface area (Å²) in [4.78, 5) is 11.1. The number of hydrogen-bond acceptors (Lipinski definition) is 7. The van der Waals surface area contributed by atoms with Gasteiger partial charge in [-0.1, -0.05) is 6.08 Å². The first-order valence-electron chi connectivity index (χ1n) is 11.4. The predicted molar refractivity (Wildman–Crippen MR) is 125 cm³/mol. The molecule has 2 aliphatic rings. The van der Waals surface area contributed by atoms with E-state index in [2.05, 4.69) is 58.3 Å². The van der Waals surface area contributed by atoms with E-state index in [-0.39, 0.29) is 5.60 Å². The number of ether oxygens (including phenoxy) is 2. The number of aromatic nitrogens is 2. The second-order valence-electron chi connectivity index (χ2n) is 9.04. The molecular weight excluding hydrogens is 404 g/mol. The lowest BCUT2D eigenvalue weighted by atomic mass is 9.99. The highest BCUT2D eigenvalue weighted by Crippen LogP contribution is 2.40. The summed E-state index contributed by atoms with van der Waals surface area (Å²) < 4.78 is 17.9. The highest BCUT2D eigenvalue weighted by atomic mass is 16.5. The summed E-state index contributed by atoms with van der Waals surface area (Å²) in [6, 6.07) is 7.16. The van der Waals surface area contributed by atoms with E-state index in [1.165, 1.54) is 5.56 Å². The van der Waals surface area contributed by atoms with Crippen LogP contribution in [0.1, 0.15) is 44.7 Å². The zero-order chi connectivity index (χ0) is 22.1. The summed E-state index contributed by atoms with van der Waals surface area (Å²) in [6.07, 6.45) is 9.76. The van der Waals surface area contributed by atoms with Gasteiger partial charge in [-0.25, -0.2) is 0 Å². The first-order valence-corrected chi connectivity index (χ1v) is 11.4. The smallest absolute Gasteiger partial charge is 0.295 e. The Kier molecular flexibility index (Phi) is 5.51. The molecule has 2 aliphatic heterocycles. The molecule has 0 saturated carbocycles. The number of hydrogen-bond donors (Lipinski definition) is 1. The Morgan fingerprint density at radius 3 is 2.88 bits per heavy atom. The molecule has 1 fully saturated rings. The number of nitrogens with one attached hydrogen (secondary N) is 1. The number of pyridine rings is 1. The molecule has 0 aliphatic carbocycles. The van der Waals surface area contributed by atoms with Gasteiger partial charge in [0, 0.05) is 37.4 Å². The molecule has 3 aromatic rings. The Hall–Kier alpha value is -3.06. The molecule has 32 heavy (non-hydrogen) atoms. The second-order valence-corrected chi connectivity index (χ2v) is 9.04. The van der Waals surface area contributed by atoms with Gasteiger partial charge in [0.2, 0.25) is 0 Å². The number of likely N-dealkylation sites (tertiary alicyclic amines) is 1. The monoisotopic (exact) mass is 434 g/mol. The van der Waals surface area contributed by atoms with Crippen LogP contribution in [-0.2, 0) is 6.54 Å². The van der Waals surface area contributed by atoms with Crippen LogP contribution >= 0.6 is 0 Å². The van der Waals surface area contributed by atoms with E-state index in [1.54, 1.807) is 12.4 Å². The highest BCUT2D eigenvalue weighted by Gasteiger charge is 2.26. The van der Waals surface area contributed by atoms with Crippen molar-refractivity contribution in [1.82, 2.24) is 14.9 Å². The zero-order valence-electron chi connectivity index (χ0n) is 18.9. The quantitative estimate of drug-likeness (QED) is 0.593. The van der Waals surface area contributed by atoms with Gasteiger partial charge in [0.25, 0.3) is 6.01 Å². The lowest BCUT2D eigenvalue weighted by Gasteiger charge is -2.33. The maximum Gasteiger partial charge on any atom is 0.295 e. The van der Waals surface area contributed by atoms with Crippen molar-refractivity contribution in [2.75, 3.05) is 25.0 Å². The van der Waals surface area contributed by atoms with E-state index >= 15 is 0 Å². The number of nitrogens with zero attached hydrogens (tertiary/aromatic N) is 3. The minimum Gasteiger partial charge on any atom is -0.490 e. The van der Waals surface area contributed by atoms with Crippen molar-refractivity contribution < 1.29 is 13.9 Å². The van der Waals surface area contributed by atoms with Gasteiger partial charge >= 0.3 is 0 Å². The van der Waals surface area contributed by atoms with Gasteiger partial charge < -0.3 is 19.2 Å². The summed E-state index contributed by atoms with van der Waals surface area (Å²) in [7, 11) is 0. The Morgan fingerprint density at radius 1 is 1.25 bits per heavy atom. The molecule has 168 valence electrons. The standard InChI is InChI=1S/C25H30N4O3/c1-4-30-21-14-17(13-18-5-9-25(2,3)32-23(18)21)16-29-11-7-19(8-12-29)27-24-28-20-6-10-26-15-22(20)31-24/h5-6,9-10,13-15,19H,4,7-8,11-12,16H2,1-3H3,(H,27,28). The Balaban J connectivity index is 1.22. The number of oxazole rings is 1. The van der Waals surface area contributed by atoms with Crippen molar-refractivity contribution in [2.24, 2.45) is 0 Å². The molecule has 7 nitrogen and oxygen atoms in total. The molecule has 0 bridgehead atoms. The van der Waals surface area contributed by atoms with Gasteiger partial charge in [-0.15, -0.1) is 0 Å². The maximum absolute atomic E-state index is 6.19. The second kappa shape index (κ2) is 8.47. The number of benzene rings is 1. The van der Waals surface area contributed by atoms with Crippen molar-refractivity contribution >= 4 is 23.2 Å². The summed E-state index contributed by atoms with van der Waals surface area (Å²) in [5.74, 6) is 1.68. The molecule has 7 heteroatoms. The third kappa shape index (κ3) is 4.43.